The van der Waals surface area contributed by atoms with Crippen LogP contribution in [0.5, 0.6) is 0 Å². The Morgan fingerprint density at radius 1 is 1.08 bits per heavy atom. The van der Waals surface area contributed by atoms with Gasteiger partial charge in [-0.1, -0.05) is 48.6 Å². The topological polar surface area (TPSA) is 0 Å². The molecule has 0 radical (unpaired) electrons. The van der Waals surface area contributed by atoms with E-state index in [0.717, 1.165) is 5.56 Å². The quantitative estimate of drug-likeness (QED) is 0.564. The molecule has 0 saturated heterocycles. The van der Waals surface area contributed by atoms with Crippen LogP contribution in [0.25, 0.3) is 16.8 Å². The zero-order chi connectivity index (χ0) is 9.54. The van der Waals surface area contributed by atoms with Crippen LogP contribution in [0.3, 0.4) is 0 Å². The highest BCUT2D eigenvalue weighted by molar-refractivity contribution is 5.94. The standard InChI is InChI=1S/C13H10/c1-4-10-6-2-8-12-9-3-7-11(5-1)13(10)12/h1-8H,9H2/i9D. The summed E-state index contributed by atoms with van der Waals surface area (Å²) in [5.74, 6) is 0. The van der Waals surface area contributed by atoms with Crippen LogP contribution in [0.2, 0.25) is 0 Å². The first-order chi connectivity index (χ1) is 6.86. The molecule has 13 heavy (non-hydrogen) atoms. The normalized spacial score (nSPS) is 20.3. The Bertz CT molecular complexity index is 520. The van der Waals surface area contributed by atoms with E-state index in [-0.39, 0.29) is 6.40 Å². The Morgan fingerprint density at radius 3 is 2.85 bits per heavy atom. The number of allylic oxidation sites excluding steroid dienone is 1. The Morgan fingerprint density at radius 2 is 1.92 bits per heavy atom. The third-order valence-electron chi connectivity index (χ3n) is 2.52. The SMILES string of the molecule is [2H]C1C=Cc2cccc3cccc1c23. The van der Waals surface area contributed by atoms with Crippen molar-refractivity contribution in [1.82, 2.24) is 0 Å². The van der Waals surface area contributed by atoms with Crippen molar-refractivity contribution < 1.29 is 1.37 Å². The lowest BCUT2D eigenvalue weighted by Crippen LogP contribution is -1.91. The predicted octanol–water partition coefficient (Wildman–Crippen LogP) is 3.41. The lowest BCUT2D eigenvalue weighted by Gasteiger charge is -2.11. The van der Waals surface area contributed by atoms with Crippen molar-refractivity contribution in [2.45, 2.75) is 6.40 Å². The Labute approximate surface area is 78.9 Å². The third kappa shape index (κ3) is 0.919. The average molecular weight is 167 g/mol. The summed E-state index contributed by atoms with van der Waals surface area (Å²) in [6.07, 6.45) is 3.79. The van der Waals surface area contributed by atoms with Crippen LogP contribution < -0.4 is 0 Å². The summed E-state index contributed by atoms with van der Waals surface area (Å²) in [5.41, 5.74) is 2.36. The van der Waals surface area contributed by atoms with E-state index in [2.05, 4.69) is 24.3 Å². The summed E-state index contributed by atoms with van der Waals surface area (Å²) in [4.78, 5) is 0. The summed E-state index contributed by atoms with van der Waals surface area (Å²) in [5, 5.41) is 2.49. The molecule has 3 rings (SSSR count). The molecule has 0 aromatic heterocycles. The fourth-order valence-corrected chi connectivity index (χ4v) is 1.93. The summed E-state index contributed by atoms with van der Waals surface area (Å²) in [7, 11) is 0. The largest absolute Gasteiger partial charge is 0.0795 e. The maximum atomic E-state index is 7.90. The summed E-state index contributed by atoms with van der Waals surface area (Å²) in [6.45, 7) is 0. The van der Waals surface area contributed by atoms with Crippen molar-refractivity contribution in [3.8, 4) is 0 Å². The molecule has 1 atom stereocenters. The molecule has 0 aliphatic heterocycles. The summed E-state index contributed by atoms with van der Waals surface area (Å²) in [6, 6.07) is 12.5. The maximum absolute atomic E-state index is 7.90. The second-order valence-corrected chi connectivity index (χ2v) is 3.32. The van der Waals surface area contributed by atoms with Crippen LogP contribution in [0.1, 0.15) is 12.5 Å². The first kappa shape index (κ1) is 5.98. The minimum atomic E-state index is -0.200. The van der Waals surface area contributed by atoms with E-state index < -0.39 is 0 Å². The minimum Gasteiger partial charge on any atom is -0.0795 e. The molecule has 1 aliphatic rings. The van der Waals surface area contributed by atoms with Gasteiger partial charge in [-0.05, 0) is 28.3 Å². The molecule has 0 heteroatoms. The van der Waals surface area contributed by atoms with Gasteiger partial charge in [0.05, 0.1) is 0 Å². The molecule has 0 fully saturated rings. The van der Waals surface area contributed by atoms with E-state index in [0.29, 0.717) is 0 Å². The van der Waals surface area contributed by atoms with E-state index >= 15 is 0 Å². The van der Waals surface area contributed by atoms with Gasteiger partial charge in [0.25, 0.3) is 0 Å². The van der Waals surface area contributed by atoms with Crippen LogP contribution in [-0.4, -0.2) is 0 Å². The average Bonchev–Trinajstić information content (AvgIpc) is 2.24. The van der Waals surface area contributed by atoms with Gasteiger partial charge in [0, 0.05) is 1.37 Å². The van der Waals surface area contributed by atoms with Gasteiger partial charge < -0.3 is 0 Å². The maximum Gasteiger partial charge on any atom is 0.0360 e. The first-order valence-electron chi connectivity index (χ1n) is 5.06. The Kier molecular flexibility index (Phi) is 1.13. The van der Waals surface area contributed by atoms with Crippen LogP contribution in [0.15, 0.2) is 42.5 Å². The highest BCUT2D eigenvalue weighted by Crippen LogP contribution is 2.27. The number of benzene rings is 2. The fourth-order valence-electron chi connectivity index (χ4n) is 1.93. The zero-order valence-corrected chi connectivity index (χ0v) is 7.20. The molecule has 2 aromatic carbocycles. The molecule has 0 spiro atoms. The minimum absolute atomic E-state index is 0.200. The summed E-state index contributed by atoms with van der Waals surface area (Å²) < 4.78 is 7.90. The van der Waals surface area contributed by atoms with Gasteiger partial charge in [0.15, 0.2) is 0 Å². The van der Waals surface area contributed by atoms with Crippen molar-refractivity contribution in [3.63, 3.8) is 0 Å². The number of hydrogen-bond acceptors (Lipinski definition) is 0. The summed E-state index contributed by atoms with van der Waals surface area (Å²) >= 11 is 0. The molecule has 62 valence electrons. The van der Waals surface area contributed by atoms with Crippen LogP contribution >= 0.6 is 0 Å². The molecule has 0 saturated carbocycles. The van der Waals surface area contributed by atoms with Crippen molar-refractivity contribution >= 4 is 16.8 Å². The lowest BCUT2D eigenvalue weighted by molar-refractivity contribution is 1.29. The number of hydrogen-bond donors (Lipinski definition) is 0. The van der Waals surface area contributed by atoms with Crippen molar-refractivity contribution in [2.24, 2.45) is 0 Å². The second-order valence-electron chi connectivity index (χ2n) is 3.32. The fraction of sp³-hybridized carbons (Fsp3) is 0.0769. The monoisotopic (exact) mass is 167 g/mol. The van der Waals surface area contributed by atoms with Gasteiger partial charge in [-0.3, -0.25) is 0 Å². The molecule has 0 nitrogen and oxygen atoms in total. The molecule has 1 unspecified atom stereocenters. The van der Waals surface area contributed by atoms with Crippen LogP contribution in [-0.2, 0) is 6.40 Å². The van der Waals surface area contributed by atoms with Gasteiger partial charge in [-0.15, -0.1) is 0 Å². The highest BCUT2D eigenvalue weighted by atomic mass is 14.1. The molecule has 0 heterocycles. The number of rotatable bonds is 0. The molecular formula is C13H10. The van der Waals surface area contributed by atoms with E-state index in [9.17, 15) is 0 Å². The predicted molar refractivity (Wildman–Crippen MR) is 56.7 cm³/mol. The van der Waals surface area contributed by atoms with Crippen molar-refractivity contribution in [3.05, 3.63) is 53.6 Å². The zero-order valence-electron chi connectivity index (χ0n) is 8.20. The smallest absolute Gasteiger partial charge is 0.0360 e. The van der Waals surface area contributed by atoms with E-state index in [1.54, 1.807) is 0 Å². The van der Waals surface area contributed by atoms with Gasteiger partial charge in [0.2, 0.25) is 0 Å². The third-order valence-corrected chi connectivity index (χ3v) is 2.52. The van der Waals surface area contributed by atoms with Crippen LogP contribution in [0.4, 0.5) is 0 Å². The molecule has 0 N–H and O–H groups in total. The van der Waals surface area contributed by atoms with Gasteiger partial charge in [0.1, 0.15) is 0 Å². The van der Waals surface area contributed by atoms with Gasteiger partial charge in [-0.25, -0.2) is 0 Å². The van der Waals surface area contributed by atoms with E-state index in [1.807, 2.05) is 24.3 Å². The highest BCUT2D eigenvalue weighted by Gasteiger charge is 2.06. The van der Waals surface area contributed by atoms with Gasteiger partial charge >= 0.3 is 0 Å². The molecule has 0 amide bonds. The lowest BCUT2D eigenvalue weighted by atomic mass is 9.93. The van der Waals surface area contributed by atoms with Crippen molar-refractivity contribution in [2.75, 3.05) is 0 Å². The molecule has 0 bridgehead atoms. The molecule has 2 aromatic rings. The Balaban J connectivity index is 2.52. The Hall–Kier alpha value is -1.56. The van der Waals surface area contributed by atoms with E-state index in [4.69, 9.17) is 1.37 Å². The molecular weight excluding hydrogens is 156 g/mol. The second kappa shape index (κ2) is 2.46. The molecule has 1 aliphatic carbocycles. The first-order valence-corrected chi connectivity index (χ1v) is 4.48. The van der Waals surface area contributed by atoms with Crippen LogP contribution in [0, 0.1) is 0 Å². The van der Waals surface area contributed by atoms with E-state index in [1.165, 1.54) is 16.3 Å². The van der Waals surface area contributed by atoms with Gasteiger partial charge in [-0.2, -0.15) is 0 Å². The van der Waals surface area contributed by atoms with Crippen molar-refractivity contribution in [1.29, 1.82) is 0 Å².